The maximum Gasteiger partial charge on any atom is 0.187 e. The van der Waals surface area contributed by atoms with Crippen LogP contribution in [0, 0.1) is 0 Å². The van der Waals surface area contributed by atoms with Gasteiger partial charge in [-0.1, -0.05) is 64.7 Å². The average molecular weight is 537 g/mol. The Labute approximate surface area is 219 Å². The van der Waals surface area contributed by atoms with Gasteiger partial charge in [-0.3, -0.25) is 4.79 Å². The van der Waals surface area contributed by atoms with Gasteiger partial charge in [-0.15, -0.1) is 0 Å². The summed E-state index contributed by atoms with van der Waals surface area (Å²) < 4.78 is 16.5. The molecule has 2 aliphatic heterocycles. The van der Waals surface area contributed by atoms with E-state index in [2.05, 4.69) is 6.92 Å². The summed E-state index contributed by atoms with van der Waals surface area (Å²) in [6.45, 7) is 0.924. The van der Waals surface area contributed by atoms with Crippen LogP contribution in [0.5, 0.6) is 0 Å². The van der Waals surface area contributed by atoms with Crippen LogP contribution in [0.15, 0.2) is 0 Å². The van der Waals surface area contributed by atoms with Crippen molar-refractivity contribution < 1.29 is 54.8 Å². The molecular weight excluding hydrogens is 488 g/mol. The average Bonchev–Trinajstić information content (AvgIpc) is 2.89. The van der Waals surface area contributed by atoms with Crippen LogP contribution < -0.4 is 0 Å². The molecule has 0 spiro atoms. The highest BCUT2D eigenvalue weighted by Crippen LogP contribution is 2.30. The Morgan fingerprint density at radius 2 is 1.19 bits per heavy atom. The normalized spacial score (nSPS) is 36.5. The number of unbranched alkanes of at least 4 members (excludes halogenated alkanes) is 9. The van der Waals surface area contributed by atoms with E-state index in [4.69, 9.17) is 14.2 Å². The molecule has 37 heavy (non-hydrogen) atoms. The number of hydrogen-bond acceptors (Lipinski definition) is 11. The summed E-state index contributed by atoms with van der Waals surface area (Å²) in [5.74, 6) is -0.110. The van der Waals surface area contributed by atoms with E-state index in [9.17, 15) is 40.5 Å². The van der Waals surface area contributed by atoms with Crippen LogP contribution >= 0.6 is 0 Å². The van der Waals surface area contributed by atoms with E-state index >= 15 is 0 Å². The van der Waals surface area contributed by atoms with Crippen molar-refractivity contribution in [3.8, 4) is 0 Å². The van der Waals surface area contributed by atoms with Gasteiger partial charge in [-0.2, -0.15) is 0 Å². The molecule has 0 aromatic carbocycles. The van der Waals surface area contributed by atoms with Gasteiger partial charge in [-0.05, 0) is 6.42 Å². The lowest BCUT2D eigenvalue weighted by Crippen LogP contribution is -2.64. The van der Waals surface area contributed by atoms with E-state index in [1.165, 1.54) is 38.5 Å². The van der Waals surface area contributed by atoms with Gasteiger partial charge in [0.2, 0.25) is 0 Å². The molecule has 0 aromatic rings. The SMILES string of the molecule is CCCCCCCCCCCCC(=O)C[C@H]1O[C@H](CO)[C@@H](O[C@@H]2O[C@H](CO)[C@@H](O)[C@H](O)[C@H]2O)[C@H](O)[C@H]1O. The Kier molecular flexibility index (Phi) is 15.0. The number of aliphatic hydroxyl groups is 7. The molecule has 0 radical (unpaired) electrons. The second-order valence-electron chi connectivity index (χ2n) is 10.3. The van der Waals surface area contributed by atoms with E-state index in [0.29, 0.717) is 6.42 Å². The molecule has 2 fully saturated rings. The van der Waals surface area contributed by atoms with Crippen molar-refractivity contribution in [3.05, 3.63) is 0 Å². The van der Waals surface area contributed by atoms with Crippen molar-refractivity contribution in [2.24, 2.45) is 0 Å². The summed E-state index contributed by atoms with van der Waals surface area (Å²) in [5, 5.41) is 70.4. The summed E-state index contributed by atoms with van der Waals surface area (Å²) in [7, 11) is 0. The molecule has 2 rings (SSSR count). The fraction of sp³-hybridized carbons (Fsp3) is 0.962. The molecule has 2 saturated heterocycles. The minimum atomic E-state index is -1.72. The topological polar surface area (TPSA) is 186 Å². The lowest BCUT2D eigenvalue weighted by atomic mass is 9.91. The lowest BCUT2D eigenvalue weighted by molar-refractivity contribution is -0.341. The maximum absolute atomic E-state index is 12.5. The van der Waals surface area contributed by atoms with E-state index in [1.54, 1.807) is 0 Å². The van der Waals surface area contributed by atoms with Crippen molar-refractivity contribution in [1.82, 2.24) is 0 Å². The van der Waals surface area contributed by atoms with Gasteiger partial charge in [0.05, 0.1) is 19.3 Å². The van der Waals surface area contributed by atoms with Gasteiger partial charge in [0.1, 0.15) is 54.6 Å². The van der Waals surface area contributed by atoms with E-state index in [0.717, 1.165) is 25.7 Å². The third kappa shape index (κ3) is 9.75. The summed E-state index contributed by atoms with van der Waals surface area (Å²) >= 11 is 0. The number of carbonyl (C=O) groups is 1. The van der Waals surface area contributed by atoms with Gasteiger partial charge in [0, 0.05) is 12.8 Å². The summed E-state index contributed by atoms with van der Waals surface area (Å²) in [5.41, 5.74) is 0. The first kappa shape index (κ1) is 32.5. The van der Waals surface area contributed by atoms with Crippen LogP contribution in [-0.4, -0.2) is 116 Å². The third-order valence-corrected chi connectivity index (χ3v) is 7.34. The summed E-state index contributed by atoms with van der Waals surface area (Å²) in [6.07, 6.45) is -2.72. The zero-order valence-electron chi connectivity index (χ0n) is 21.9. The number of aliphatic hydroxyl groups excluding tert-OH is 7. The lowest BCUT2D eigenvalue weighted by Gasteiger charge is -2.46. The fourth-order valence-corrected chi connectivity index (χ4v) is 4.97. The van der Waals surface area contributed by atoms with Crippen LogP contribution in [0.3, 0.4) is 0 Å². The van der Waals surface area contributed by atoms with Gasteiger partial charge in [0.15, 0.2) is 6.29 Å². The highest BCUT2D eigenvalue weighted by atomic mass is 16.7. The molecule has 0 bridgehead atoms. The third-order valence-electron chi connectivity index (χ3n) is 7.34. The minimum Gasteiger partial charge on any atom is -0.394 e. The van der Waals surface area contributed by atoms with Crippen LogP contribution in [0.4, 0.5) is 0 Å². The van der Waals surface area contributed by atoms with E-state index in [-0.39, 0.29) is 12.2 Å². The molecule has 218 valence electrons. The first-order valence-electron chi connectivity index (χ1n) is 13.8. The van der Waals surface area contributed by atoms with Crippen LogP contribution in [0.1, 0.15) is 84.0 Å². The van der Waals surface area contributed by atoms with Crippen LogP contribution in [-0.2, 0) is 19.0 Å². The molecule has 11 heteroatoms. The molecule has 0 unspecified atom stereocenters. The highest BCUT2D eigenvalue weighted by molar-refractivity contribution is 5.78. The number of ketones is 1. The van der Waals surface area contributed by atoms with Gasteiger partial charge < -0.3 is 50.0 Å². The smallest absolute Gasteiger partial charge is 0.187 e. The first-order chi connectivity index (χ1) is 17.7. The predicted octanol–water partition coefficient (Wildman–Crippen LogP) is -0.0768. The molecular formula is C26H48O11. The molecule has 11 nitrogen and oxygen atoms in total. The molecule has 2 aliphatic rings. The van der Waals surface area contributed by atoms with Gasteiger partial charge in [0.25, 0.3) is 0 Å². The Balaban J connectivity index is 1.77. The molecule has 0 aliphatic carbocycles. The van der Waals surface area contributed by atoms with Crippen molar-refractivity contribution in [2.75, 3.05) is 13.2 Å². The second kappa shape index (κ2) is 17.1. The standard InChI is InChI=1S/C26H48O11/c1-2-3-4-5-6-7-8-9-10-11-12-16(29)13-17-20(30)23(33)25(19(15-28)35-17)37-26-24(34)22(32)21(31)18(14-27)36-26/h17-28,30-34H,2-15H2,1H3/t17-,18-,19-,20+,21-,22+,23-,24-,25-,26+/m1/s1. The fourth-order valence-electron chi connectivity index (χ4n) is 4.97. The molecule has 2 heterocycles. The number of rotatable bonds is 17. The Morgan fingerprint density at radius 3 is 1.76 bits per heavy atom. The molecule has 0 amide bonds. The van der Waals surface area contributed by atoms with Crippen molar-refractivity contribution in [2.45, 2.75) is 145 Å². The Bertz CT molecular complexity index is 632. The van der Waals surface area contributed by atoms with Crippen molar-refractivity contribution in [3.63, 3.8) is 0 Å². The first-order valence-corrected chi connectivity index (χ1v) is 13.8. The Hall–Kier alpha value is -0.730. The zero-order valence-corrected chi connectivity index (χ0v) is 21.9. The second-order valence-corrected chi connectivity index (χ2v) is 10.3. The van der Waals surface area contributed by atoms with Gasteiger partial charge in [-0.25, -0.2) is 0 Å². The van der Waals surface area contributed by atoms with Crippen molar-refractivity contribution in [1.29, 1.82) is 0 Å². The van der Waals surface area contributed by atoms with E-state index in [1.807, 2.05) is 0 Å². The van der Waals surface area contributed by atoms with Gasteiger partial charge >= 0.3 is 0 Å². The predicted molar refractivity (Wildman–Crippen MR) is 132 cm³/mol. The summed E-state index contributed by atoms with van der Waals surface area (Å²) in [4.78, 5) is 12.5. The highest BCUT2D eigenvalue weighted by Gasteiger charge is 2.50. The minimum absolute atomic E-state index is 0.110. The number of ether oxygens (including phenoxy) is 3. The van der Waals surface area contributed by atoms with E-state index < -0.39 is 74.4 Å². The maximum atomic E-state index is 12.5. The molecule has 7 N–H and O–H groups in total. The summed E-state index contributed by atoms with van der Waals surface area (Å²) in [6, 6.07) is 0. The quantitative estimate of drug-likeness (QED) is 0.123. The number of carbonyl (C=O) groups excluding carboxylic acids is 1. The Morgan fingerprint density at radius 1 is 0.649 bits per heavy atom. The molecule has 0 aromatic heterocycles. The molecule has 0 saturated carbocycles. The van der Waals surface area contributed by atoms with Crippen molar-refractivity contribution >= 4 is 5.78 Å². The largest absolute Gasteiger partial charge is 0.394 e. The number of hydrogen-bond donors (Lipinski definition) is 7. The monoisotopic (exact) mass is 536 g/mol. The van der Waals surface area contributed by atoms with Crippen LogP contribution in [0.25, 0.3) is 0 Å². The number of Topliss-reactive ketones (excluding diaryl/α,β-unsaturated/α-hetero) is 1. The zero-order chi connectivity index (χ0) is 27.4. The van der Waals surface area contributed by atoms with Crippen LogP contribution in [0.2, 0.25) is 0 Å². The molecule has 10 atom stereocenters.